The van der Waals surface area contributed by atoms with Crippen LogP contribution in [0.2, 0.25) is 0 Å². The van der Waals surface area contributed by atoms with Gasteiger partial charge in [-0.1, -0.05) is 83.3 Å². The van der Waals surface area contributed by atoms with Crippen molar-refractivity contribution in [1.82, 2.24) is 0 Å². The number of carbonyl (C=O) groups is 2. The standard InChI is InChI=1S/C14H16O6.C13H18O5.C6H12O5.C6H10O5.CH3I/c15-7-10-6-11-12(20-14(16)19-11)13(18-10)17-8-9-4-2-1-3-5-9;14-7-10-6-11(15)12(16)13(18-10)17-8-9-4-2-1-3-5-9;2*7-2-3-1-4(8)5(9)6(10)11-3;1-2/h1-5,10-13,15H,6-8H2;1-5,10-16H,6-8H2;3-10H,1-2H2;3-5,7-9H,1-2H2;1H3/t2*10-,11+,12+,13?;3-,4+,5+,6?;3-,4+,5+;/m0000./s1/i;;;;1D. The number of aliphatic hydroxyl groups is 11. The summed E-state index contributed by atoms with van der Waals surface area (Å²) < 4.78 is 47.6. The van der Waals surface area contributed by atoms with Crippen LogP contribution in [0.3, 0.4) is 0 Å². The van der Waals surface area contributed by atoms with E-state index in [1.54, 1.807) is 0 Å². The molecule has 0 spiro atoms. The molecule has 5 fully saturated rings. The molecule has 11 N–H and O–H groups in total. The van der Waals surface area contributed by atoms with Crippen LogP contribution in [0.25, 0.3) is 0 Å². The van der Waals surface area contributed by atoms with Crippen LogP contribution >= 0.6 is 22.6 Å². The molecular weight excluding hydrogens is 943 g/mol. The van der Waals surface area contributed by atoms with E-state index in [9.17, 15) is 24.9 Å². The molecule has 2 aromatic carbocycles. The highest BCUT2D eigenvalue weighted by Gasteiger charge is 2.49. The van der Waals surface area contributed by atoms with E-state index in [0.717, 1.165) is 11.1 Å². The van der Waals surface area contributed by atoms with Crippen LogP contribution in [-0.2, 0) is 55.9 Å². The van der Waals surface area contributed by atoms with Gasteiger partial charge in [0.25, 0.3) is 0 Å². The molecule has 0 saturated carbocycles. The summed E-state index contributed by atoms with van der Waals surface area (Å²) in [5.41, 5.74) is 1.94. The minimum Gasteiger partial charge on any atom is -0.458 e. The second-order valence-corrected chi connectivity index (χ2v) is 14.3. The smallest absolute Gasteiger partial charge is 0.458 e. The number of benzene rings is 2. The molecule has 0 aromatic heterocycles. The molecule has 62 heavy (non-hydrogen) atoms. The Morgan fingerprint density at radius 3 is 1.55 bits per heavy atom. The van der Waals surface area contributed by atoms with Gasteiger partial charge in [-0.3, -0.25) is 0 Å². The summed E-state index contributed by atoms with van der Waals surface area (Å²) in [5, 5.41) is 99.5. The molecular formula is C40H59IO21. The van der Waals surface area contributed by atoms with E-state index >= 15 is 0 Å². The first kappa shape index (κ1) is 51.9. The fourth-order valence-corrected chi connectivity index (χ4v) is 6.33. The van der Waals surface area contributed by atoms with Crippen molar-refractivity contribution in [1.29, 1.82) is 0 Å². The van der Waals surface area contributed by atoms with Gasteiger partial charge >= 0.3 is 12.1 Å². The maximum atomic E-state index is 11.2. The minimum absolute atomic E-state index is 0.0867. The third kappa shape index (κ3) is 17.0. The van der Waals surface area contributed by atoms with E-state index in [1.807, 2.05) is 83.3 Å². The van der Waals surface area contributed by atoms with Gasteiger partial charge in [-0.25, -0.2) is 9.59 Å². The number of rotatable bonds is 10. The van der Waals surface area contributed by atoms with Crippen LogP contribution in [0.4, 0.5) is 4.79 Å². The molecule has 5 aliphatic heterocycles. The van der Waals surface area contributed by atoms with Gasteiger partial charge in [0.2, 0.25) is 0 Å². The predicted octanol–water partition coefficient (Wildman–Crippen LogP) is -1.88. The van der Waals surface area contributed by atoms with Crippen molar-refractivity contribution >= 4 is 34.7 Å². The van der Waals surface area contributed by atoms with Crippen molar-refractivity contribution in [2.24, 2.45) is 0 Å². The number of halogens is 1. The summed E-state index contributed by atoms with van der Waals surface area (Å²) in [6, 6.07) is 19.1. The van der Waals surface area contributed by atoms with Crippen LogP contribution in [0.15, 0.2) is 60.7 Å². The molecule has 5 saturated heterocycles. The van der Waals surface area contributed by atoms with Gasteiger partial charge in [-0.2, -0.15) is 0 Å². The molecule has 21 nitrogen and oxygen atoms in total. The van der Waals surface area contributed by atoms with Crippen LogP contribution < -0.4 is 0 Å². The van der Waals surface area contributed by atoms with Crippen LogP contribution in [0.1, 0.15) is 38.2 Å². The highest BCUT2D eigenvalue weighted by Crippen LogP contribution is 2.31. The zero-order chi connectivity index (χ0) is 46.5. The Labute approximate surface area is 372 Å². The fraction of sp³-hybridized carbons (Fsp3) is 0.650. The summed E-state index contributed by atoms with van der Waals surface area (Å²) >= 11 is 1.96. The predicted molar refractivity (Wildman–Crippen MR) is 218 cm³/mol. The zero-order valence-corrected chi connectivity index (χ0v) is 35.7. The van der Waals surface area contributed by atoms with E-state index in [4.69, 9.17) is 75.4 Å². The molecule has 352 valence electrons. The van der Waals surface area contributed by atoms with E-state index < -0.39 is 104 Å². The summed E-state index contributed by atoms with van der Waals surface area (Å²) in [6.45, 7) is -0.310. The normalized spacial score (nSPS) is 35.1. The zero-order valence-electron chi connectivity index (χ0n) is 34.6. The number of ether oxygens (including phenoxy) is 8. The number of hydrogen-bond donors (Lipinski definition) is 11. The Hall–Kier alpha value is -2.73. The topological polar surface area (TPSA) is 331 Å². The molecule has 0 bridgehead atoms. The lowest BCUT2D eigenvalue weighted by Crippen LogP contribution is -2.50. The molecule has 5 aliphatic rings. The van der Waals surface area contributed by atoms with Gasteiger partial charge in [-0.05, 0) is 16.0 Å². The van der Waals surface area contributed by atoms with Crippen molar-refractivity contribution in [3.05, 3.63) is 71.8 Å². The summed E-state index contributed by atoms with van der Waals surface area (Å²) in [5.74, 6) is -0.872. The Kier molecular flexibility index (Phi) is 23.6. The molecule has 5 heterocycles. The Morgan fingerprint density at radius 1 is 0.597 bits per heavy atom. The van der Waals surface area contributed by atoms with Crippen LogP contribution in [-0.4, -0.2) is 192 Å². The lowest BCUT2D eigenvalue weighted by molar-refractivity contribution is -0.274. The first-order valence-electron chi connectivity index (χ1n) is 20.3. The Balaban J connectivity index is 0.000000226. The van der Waals surface area contributed by atoms with Gasteiger partial charge in [-0.15, -0.1) is 0 Å². The third-order valence-corrected chi connectivity index (χ3v) is 9.68. The molecule has 2 aromatic rings. The second kappa shape index (κ2) is 28.2. The lowest BCUT2D eigenvalue weighted by atomic mass is 10.0. The molecule has 7 rings (SSSR count). The van der Waals surface area contributed by atoms with Crippen LogP contribution in [0, 0.1) is 0 Å². The third-order valence-electron chi connectivity index (χ3n) is 9.68. The maximum Gasteiger partial charge on any atom is 0.509 e. The van der Waals surface area contributed by atoms with Gasteiger partial charge in [0.05, 0.1) is 76.3 Å². The van der Waals surface area contributed by atoms with Gasteiger partial charge < -0.3 is 94.1 Å². The molecule has 0 radical (unpaired) electrons. The largest absolute Gasteiger partial charge is 0.509 e. The maximum absolute atomic E-state index is 11.2. The highest BCUT2D eigenvalue weighted by molar-refractivity contribution is 14.1. The van der Waals surface area contributed by atoms with E-state index in [2.05, 4.69) is 4.74 Å². The molecule has 0 aliphatic carbocycles. The van der Waals surface area contributed by atoms with E-state index in [-0.39, 0.29) is 52.3 Å². The number of esters is 1. The van der Waals surface area contributed by atoms with Crippen molar-refractivity contribution in [3.63, 3.8) is 0 Å². The van der Waals surface area contributed by atoms with Gasteiger partial charge in [0.1, 0.15) is 18.3 Å². The van der Waals surface area contributed by atoms with Crippen molar-refractivity contribution < 1.29 is 105 Å². The fourth-order valence-electron chi connectivity index (χ4n) is 6.33. The summed E-state index contributed by atoms with van der Waals surface area (Å²) in [6.07, 6.45) is -12.9. The SMILES string of the molecule is O=C1O[C@@H]2C[C@@H](CO)OC(OCc3ccccc3)[C@@H]2O1.O=C1O[C@H](CO)C[C@@H](O)[C@H]1O.OC[C@@H]1C[C@@H](O)[C@@H](O)C(O)O1.OC[C@@H]1C[C@@H](O)[C@@H](O)C(OCc2ccccc2)O1.[2H]CI. The number of fused-ring (bicyclic) bond motifs is 1. The number of carbonyl (C=O) groups excluding carboxylic acids is 2. The van der Waals surface area contributed by atoms with Crippen molar-refractivity contribution in [2.75, 3.05) is 31.3 Å². The molecule has 22 heteroatoms. The number of cyclic esters (lactones) is 1. The van der Waals surface area contributed by atoms with Gasteiger partial charge in [0.15, 0.2) is 37.2 Å². The average Bonchev–Trinajstić information content (AvgIpc) is 3.68. The van der Waals surface area contributed by atoms with Crippen LogP contribution in [0.5, 0.6) is 0 Å². The van der Waals surface area contributed by atoms with Crippen molar-refractivity contribution in [2.45, 2.75) is 131 Å². The van der Waals surface area contributed by atoms with Crippen molar-refractivity contribution in [3.8, 4) is 0 Å². The summed E-state index contributed by atoms with van der Waals surface area (Å²) in [7, 11) is 0. The number of alkyl halides is 1. The Morgan fingerprint density at radius 2 is 1.05 bits per heavy atom. The minimum atomic E-state index is -1.46. The summed E-state index contributed by atoms with van der Waals surface area (Å²) in [4.78, 5) is 22.3. The molecule has 3 unspecified atom stereocenters. The van der Waals surface area contributed by atoms with E-state index in [0.29, 0.717) is 17.9 Å². The Bertz CT molecular complexity index is 1540. The number of aliphatic hydroxyl groups excluding tert-OH is 11. The van der Waals surface area contributed by atoms with Gasteiger partial charge in [0, 0.05) is 27.1 Å². The lowest BCUT2D eigenvalue weighted by Gasteiger charge is -2.36. The number of hydrogen-bond acceptors (Lipinski definition) is 21. The average molecular weight is 1000 g/mol. The monoisotopic (exact) mass is 1000 g/mol. The quantitative estimate of drug-likeness (QED) is 0.0705. The van der Waals surface area contributed by atoms with E-state index in [1.165, 1.54) is 0 Å². The first-order valence-corrected chi connectivity index (χ1v) is 21.1. The molecule has 15 atom stereocenters. The highest BCUT2D eigenvalue weighted by atomic mass is 127. The second-order valence-electron chi connectivity index (χ2n) is 14.3. The molecule has 0 amide bonds. The first-order chi connectivity index (χ1) is 30.2.